The van der Waals surface area contributed by atoms with Gasteiger partial charge < -0.3 is 10.2 Å². The third-order valence-electron chi connectivity index (χ3n) is 4.19. The first-order valence-corrected chi connectivity index (χ1v) is 8.79. The number of carboxylic acid groups (broad SMARTS) is 2. The molecule has 0 saturated heterocycles. The van der Waals surface area contributed by atoms with Crippen LogP contribution in [0.1, 0.15) is 64.2 Å². The van der Waals surface area contributed by atoms with Crippen LogP contribution in [0.2, 0.25) is 0 Å². The molecule has 0 aromatic heterocycles. The van der Waals surface area contributed by atoms with Crippen molar-refractivity contribution >= 4 is 23.5 Å². The highest BCUT2D eigenvalue weighted by Crippen LogP contribution is 2.25. The van der Waals surface area contributed by atoms with Gasteiger partial charge in [0.2, 0.25) is 0 Å². The monoisotopic (exact) mass is 350 g/mol. The van der Waals surface area contributed by atoms with Gasteiger partial charge in [0, 0.05) is 31.3 Å². The molecule has 0 saturated carbocycles. The van der Waals surface area contributed by atoms with E-state index in [4.69, 9.17) is 10.2 Å². The van der Waals surface area contributed by atoms with Crippen molar-refractivity contribution in [3.63, 3.8) is 0 Å². The fourth-order valence-electron chi connectivity index (χ4n) is 2.82. The summed E-state index contributed by atoms with van der Waals surface area (Å²) in [4.78, 5) is 45.4. The van der Waals surface area contributed by atoms with E-state index in [1.54, 1.807) is 18.2 Å². The van der Waals surface area contributed by atoms with Crippen LogP contribution < -0.4 is 0 Å². The maximum Gasteiger partial charge on any atom is 0.303 e. The predicted molar refractivity (Wildman–Crippen MR) is 92.2 cm³/mol. The lowest BCUT2D eigenvalue weighted by Gasteiger charge is -2.12. The van der Waals surface area contributed by atoms with Gasteiger partial charge in [-0.2, -0.15) is 0 Å². The first-order valence-electron chi connectivity index (χ1n) is 8.79. The molecule has 6 heteroatoms. The van der Waals surface area contributed by atoms with Gasteiger partial charge in [0.1, 0.15) is 5.78 Å². The molecule has 0 aliphatic heterocycles. The van der Waals surface area contributed by atoms with Crippen molar-refractivity contribution in [2.75, 3.05) is 0 Å². The quantitative estimate of drug-likeness (QED) is 0.465. The maximum atomic E-state index is 12.3. The van der Waals surface area contributed by atoms with Gasteiger partial charge in [-0.3, -0.25) is 19.2 Å². The Labute approximate surface area is 147 Å². The van der Waals surface area contributed by atoms with Crippen molar-refractivity contribution in [2.45, 2.75) is 64.2 Å². The van der Waals surface area contributed by atoms with Crippen molar-refractivity contribution in [3.05, 3.63) is 23.8 Å². The summed E-state index contributed by atoms with van der Waals surface area (Å²) >= 11 is 0. The number of carbonyl (C=O) groups excluding carboxylic acids is 2. The highest BCUT2D eigenvalue weighted by Gasteiger charge is 2.26. The Bertz CT molecular complexity index is 558. The number of aliphatic carboxylic acids is 2. The van der Waals surface area contributed by atoms with Crippen LogP contribution in [-0.2, 0) is 19.2 Å². The topological polar surface area (TPSA) is 109 Å². The molecular formula is C19H26O6. The number of carboxylic acids is 2. The Morgan fingerprint density at radius 3 is 1.84 bits per heavy atom. The average molecular weight is 350 g/mol. The molecule has 0 spiro atoms. The number of ketones is 2. The summed E-state index contributed by atoms with van der Waals surface area (Å²) in [6, 6.07) is 0. The summed E-state index contributed by atoms with van der Waals surface area (Å²) in [5.74, 6) is -2.20. The lowest BCUT2D eigenvalue weighted by atomic mass is 9.90. The second kappa shape index (κ2) is 11.3. The molecule has 1 aliphatic carbocycles. The van der Waals surface area contributed by atoms with E-state index < -0.39 is 17.9 Å². The summed E-state index contributed by atoms with van der Waals surface area (Å²) in [5.41, 5.74) is 0.522. The Morgan fingerprint density at radius 2 is 1.28 bits per heavy atom. The number of Topliss-reactive ketones (excluding diaryl/α,β-unsaturated/α-hetero) is 2. The van der Waals surface area contributed by atoms with Crippen LogP contribution in [0.25, 0.3) is 0 Å². The van der Waals surface area contributed by atoms with Gasteiger partial charge in [0.15, 0.2) is 5.78 Å². The lowest BCUT2D eigenvalue weighted by Crippen LogP contribution is -2.18. The standard InChI is InChI=1S/C19H26O6/c20-16(10-3-1-5-12-18(22)23)14-8-7-9-15(14)17(21)11-4-2-6-13-19(24)25/h7-9,14H,1-6,10-13H2,(H,22,23)(H,24,25). The van der Waals surface area contributed by atoms with Crippen LogP contribution in [0.3, 0.4) is 0 Å². The smallest absolute Gasteiger partial charge is 0.303 e. The molecule has 2 N–H and O–H groups in total. The van der Waals surface area contributed by atoms with E-state index in [9.17, 15) is 19.2 Å². The summed E-state index contributed by atoms with van der Waals surface area (Å²) in [5, 5.41) is 17.1. The van der Waals surface area contributed by atoms with Crippen molar-refractivity contribution < 1.29 is 29.4 Å². The number of carbonyl (C=O) groups is 4. The van der Waals surface area contributed by atoms with Gasteiger partial charge in [0.05, 0.1) is 5.92 Å². The molecule has 0 heterocycles. The van der Waals surface area contributed by atoms with Gasteiger partial charge in [-0.25, -0.2) is 0 Å². The van der Waals surface area contributed by atoms with Crippen molar-refractivity contribution in [1.82, 2.24) is 0 Å². The third kappa shape index (κ3) is 8.42. The fourth-order valence-corrected chi connectivity index (χ4v) is 2.82. The molecule has 0 radical (unpaired) electrons. The molecule has 6 nitrogen and oxygen atoms in total. The van der Waals surface area contributed by atoms with Crippen LogP contribution in [0.5, 0.6) is 0 Å². The minimum absolute atomic E-state index is 0.00504. The summed E-state index contributed by atoms with van der Waals surface area (Å²) in [7, 11) is 0. The average Bonchev–Trinajstić information content (AvgIpc) is 3.03. The Balaban J connectivity index is 2.30. The molecule has 0 amide bonds. The molecule has 138 valence electrons. The maximum absolute atomic E-state index is 12.3. The zero-order chi connectivity index (χ0) is 18.7. The molecule has 1 atom stereocenters. The molecule has 0 aromatic carbocycles. The first-order chi connectivity index (χ1) is 11.9. The summed E-state index contributed by atoms with van der Waals surface area (Å²) < 4.78 is 0. The Kier molecular flexibility index (Phi) is 9.43. The van der Waals surface area contributed by atoms with E-state index in [1.807, 2.05) is 0 Å². The zero-order valence-electron chi connectivity index (χ0n) is 14.4. The highest BCUT2D eigenvalue weighted by molar-refractivity contribution is 6.04. The molecular weight excluding hydrogens is 324 g/mol. The minimum Gasteiger partial charge on any atom is -0.481 e. The van der Waals surface area contributed by atoms with E-state index in [0.29, 0.717) is 56.9 Å². The number of allylic oxidation sites excluding steroid dienone is 4. The van der Waals surface area contributed by atoms with Gasteiger partial charge in [-0.1, -0.05) is 31.1 Å². The van der Waals surface area contributed by atoms with Crippen LogP contribution >= 0.6 is 0 Å². The second-order valence-electron chi connectivity index (χ2n) is 6.28. The lowest BCUT2D eigenvalue weighted by molar-refractivity contribution is -0.138. The number of rotatable bonds is 14. The first kappa shape index (κ1) is 20.8. The zero-order valence-corrected chi connectivity index (χ0v) is 14.4. The Morgan fingerprint density at radius 1 is 0.760 bits per heavy atom. The van der Waals surface area contributed by atoms with Gasteiger partial charge in [-0.15, -0.1) is 0 Å². The van der Waals surface area contributed by atoms with E-state index in [1.165, 1.54) is 0 Å². The molecule has 0 aromatic rings. The second-order valence-corrected chi connectivity index (χ2v) is 6.28. The van der Waals surface area contributed by atoms with Crippen LogP contribution in [0.4, 0.5) is 0 Å². The largest absolute Gasteiger partial charge is 0.481 e. The number of hydrogen-bond donors (Lipinski definition) is 2. The molecule has 0 bridgehead atoms. The van der Waals surface area contributed by atoms with E-state index in [2.05, 4.69) is 0 Å². The molecule has 0 fully saturated rings. The molecule has 1 unspecified atom stereocenters. The third-order valence-corrected chi connectivity index (χ3v) is 4.19. The van der Waals surface area contributed by atoms with E-state index in [-0.39, 0.29) is 24.4 Å². The normalized spacial score (nSPS) is 15.8. The van der Waals surface area contributed by atoms with E-state index >= 15 is 0 Å². The van der Waals surface area contributed by atoms with Crippen molar-refractivity contribution in [2.24, 2.45) is 5.92 Å². The number of unbranched alkanes of at least 4 members (excludes halogenated alkanes) is 4. The van der Waals surface area contributed by atoms with E-state index in [0.717, 1.165) is 0 Å². The number of hydrogen-bond acceptors (Lipinski definition) is 4. The van der Waals surface area contributed by atoms with Gasteiger partial charge >= 0.3 is 11.9 Å². The molecule has 1 aliphatic rings. The van der Waals surface area contributed by atoms with Crippen molar-refractivity contribution in [1.29, 1.82) is 0 Å². The van der Waals surface area contributed by atoms with Crippen LogP contribution in [-0.4, -0.2) is 33.7 Å². The van der Waals surface area contributed by atoms with Gasteiger partial charge in [0.25, 0.3) is 0 Å². The highest BCUT2D eigenvalue weighted by atomic mass is 16.4. The summed E-state index contributed by atoms with van der Waals surface area (Å²) in [6.07, 6.45) is 9.78. The predicted octanol–water partition coefficient (Wildman–Crippen LogP) is 3.31. The summed E-state index contributed by atoms with van der Waals surface area (Å²) in [6.45, 7) is 0. The molecule has 1 rings (SSSR count). The molecule has 25 heavy (non-hydrogen) atoms. The van der Waals surface area contributed by atoms with Crippen LogP contribution in [0.15, 0.2) is 23.8 Å². The van der Waals surface area contributed by atoms with Crippen molar-refractivity contribution in [3.8, 4) is 0 Å². The minimum atomic E-state index is -0.831. The van der Waals surface area contributed by atoms with Gasteiger partial charge in [-0.05, 0) is 25.7 Å². The SMILES string of the molecule is O=C(O)CCCCCC(=O)C1=CC=CC1C(=O)CCCCCC(=O)O. The Hall–Kier alpha value is -2.24. The van der Waals surface area contributed by atoms with Crippen LogP contribution in [0, 0.1) is 5.92 Å². The fraction of sp³-hybridized carbons (Fsp3) is 0.579.